The second kappa shape index (κ2) is 7.53. The minimum absolute atomic E-state index is 0.165. The number of nitrogens with one attached hydrogen (secondary N) is 1. The predicted octanol–water partition coefficient (Wildman–Crippen LogP) is 5.58. The number of hydrogen-bond acceptors (Lipinski definition) is 4. The van der Waals surface area contributed by atoms with Crippen molar-refractivity contribution >= 4 is 11.5 Å². The van der Waals surface area contributed by atoms with Gasteiger partial charge < -0.3 is 14.5 Å². The number of allylic oxidation sites excluding steroid dienone is 2. The lowest BCUT2D eigenvalue weighted by Gasteiger charge is -2.09. The second-order valence-electron chi connectivity index (χ2n) is 5.67. The number of anilines is 1. The highest BCUT2D eigenvalue weighted by Crippen LogP contribution is 2.23. The Labute approximate surface area is 146 Å². The molecule has 126 valence electrons. The number of para-hydroxylation sites is 1. The normalized spacial score (nSPS) is 11.2. The first-order chi connectivity index (χ1) is 12.1. The summed E-state index contributed by atoms with van der Waals surface area (Å²) in [5.41, 5.74) is 1.60. The number of aryl methyl sites for hydroxylation is 1. The number of rotatable bonds is 6. The summed E-state index contributed by atoms with van der Waals surface area (Å²) in [4.78, 5) is 12.1. The lowest BCUT2D eigenvalue weighted by atomic mass is 10.2. The number of carbonyl (C=O) groups is 1. The summed E-state index contributed by atoms with van der Waals surface area (Å²) in [5, 5.41) is 3.18. The van der Waals surface area contributed by atoms with Crippen LogP contribution >= 0.6 is 0 Å². The third kappa shape index (κ3) is 4.61. The Morgan fingerprint density at radius 3 is 2.28 bits per heavy atom. The fraction of sp³-hybridized carbons (Fsp3) is 0.0952. The van der Waals surface area contributed by atoms with Crippen molar-refractivity contribution < 1.29 is 13.9 Å². The molecule has 0 atom stereocenters. The average molecular weight is 333 g/mol. The monoisotopic (exact) mass is 333 g/mol. The van der Waals surface area contributed by atoms with Crippen LogP contribution in [-0.2, 0) is 0 Å². The lowest BCUT2D eigenvalue weighted by Crippen LogP contribution is -2.00. The zero-order valence-corrected chi connectivity index (χ0v) is 14.2. The van der Waals surface area contributed by atoms with Crippen molar-refractivity contribution in [1.29, 1.82) is 0 Å². The van der Waals surface area contributed by atoms with Crippen LogP contribution in [0.4, 0.5) is 5.69 Å². The molecule has 25 heavy (non-hydrogen) atoms. The largest absolute Gasteiger partial charge is 0.458 e. The summed E-state index contributed by atoms with van der Waals surface area (Å²) in [6, 6.07) is 20.6. The molecule has 0 unspecified atom stereocenters. The fourth-order valence-corrected chi connectivity index (χ4v) is 2.33. The standard InChI is InChI=1S/C21H19NO3/c1-15(14-20(23)21-13-8-16(2)24-21)22-17-9-11-19(12-10-17)25-18-6-4-3-5-7-18/h3-14,22H,1-2H3/b15-14+. The van der Waals surface area contributed by atoms with Crippen molar-refractivity contribution in [2.45, 2.75) is 13.8 Å². The van der Waals surface area contributed by atoms with Crippen LogP contribution in [0.1, 0.15) is 23.2 Å². The molecule has 3 rings (SSSR count). The van der Waals surface area contributed by atoms with E-state index in [2.05, 4.69) is 5.32 Å². The van der Waals surface area contributed by atoms with E-state index >= 15 is 0 Å². The minimum atomic E-state index is -0.165. The molecule has 0 saturated heterocycles. The van der Waals surface area contributed by atoms with Gasteiger partial charge in [-0.15, -0.1) is 0 Å². The summed E-state index contributed by atoms with van der Waals surface area (Å²) in [6.07, 6.45) is 1.52. The van der Waals surface area contributed by atoms with Gasteiger partial charge in [-0.1, -0.05) is 18.2 Å². The van der Waals surface area contributed by atoms with E-state index in [1.807, 2.05) is 68.4 Å². The number of furan rings is 1. The maximum absolute atomic E-state index is 12.1. The second-order valence-corrected chi connectivity index (χ2v) is 5.67. The molecule has 2 aromatic carbocycles. The van der Waals surface area contributed by atoms with Crippen LogP contribution in [0.3, 0.4) is 0 Å². The quantitative estimate of drug-likeness (QED) is 0.472. The fourth-order valence-electron chi connectivity index (χ4n) is 2.33. The van der Waals surface area contributed by atoms with Gasteiger partial charge in [-0.25, -0.2) is 0 Å². The van der Waals surface area contributed by atoms with E-state index in [1.165, 1.54) is 6.08 Å². The summed E-state index contributed by atoms with van der Waals surface area (Å²) >= 11 is 0. The van der Waals surface area contributed by atoms with Gasteiger partial charge in [0.25, 0.3) is 0 Å². The molecule has 0 aliphatic heterocycles. The van der Waals surface area contributed by atoms with Crippen molar-refractivity contribution in [3.8, 4) is 11.5 Å². The smallest absolute Gasteiger partial charge is 0.222 e. The topological polar surface area (TPSA) is 51.5 Å². The van der Waals surface area contributed by atoms with Gasteiger partial charge in [0.05, 0.1) is 0 Å². The molecule has 4 nitrogen and oxygen atoms in total. The van der Waals surface area contributed by atoms with E-state index in [4.69, 9.17) is 9.15 Å². The molecular weight excluding hydrogens is 314 g/mol. The lowest BCUT2D eigenvalue weighted by molar-refractivity contribution is 0.102. The molecule has 0 aliphatic carbocycles. The van der Waals surface area contributed by atoms with Crippen molar-refractivity contribution in [3.63, 3.8) is 0 Å². The Hall–Kier alpha value is -3.27. The van der Waals surface area contributed by atoms with Gasteiger partial charge in [0.2, 0.25) is 5.78 Å². The summed E-state index contributed by atoms with van der Waals surface area (Å²) in [7, 11) is 0. The van der Waals surface area contributed by atoms with Crippen LogP contribution in [0.25, 0.3) is 0 Å². The van der Waals surface area contributed by atoms with Crippen LogP contribution in [0, 0.1) is 6.92 Å². The number of benzene rings is 2. The number of ether oxygens (including phenoxy) is 1. The van der Waals surface area contributed by atoms with Gasteiger partial charge in [0, 0.05) is 17.5 Å². The van der Waals surface area contributed by atoms with Crippen LogP contribution < -0.4 is 10.1 Å². The first-order valence-corrected chi connectivity index (χ1v) is 7.99. The first-order valence-electron chi connectivity index (χ1n) is 7.99. The Kier molecular flexibility index (Phi) is 5.00. The molecule has 1 aromatic heterocycles. The third-order valence-electron chi connectivity index (χ3n) is 3.51. The van der Waals surface area contributed by atoms with Crippen molar-refractivity contribution in [1.82, 2.24) is 0 Å². The van der Waals surface area contributed by atoms with Gasteiger partial charge in [0.1, 0.15) is 17.3 Å². The molecule has 0 saturated carbocycles. The molecule has 4 heteroatoms. The van der Waals surface area contributed by atoms with Crippen molar-refractivity contribution in [2.24, 2.45) is 0 Å². The highest BCUT2D eigenvalue weighted by Gasteiger charge is 2.07. The van der Waals surface area contributed by atoms with Gasteiger partial charge in [-0.2, -0.15) is 0 Å². The summed E-state index contributed by atoms with van der Waals surface area (Å²) < 4.78 is 11.1. The SMILES string of the molecule is C/C(=C\C(=O)c1ccc(C)o1)Nc1ccc(Oc2ccccc2)cc1. The average Bonchev–Trinajstić information content (AvgIpc) is 3.04. The Morgan fingerprint density at radius 1 is 0.960 bits per heavy atom. The number of carbonyl (C=O) groups excluding carboxylic acids is 1. The molecule has 0 aliphatic rings. The van der Waals surface area contributed by atoms with Gasteiger partial charge in [-0.05, 0) is 62.4 Å². The first kappa shape index (κ1) is 16.6. The van der Waals surface area contributed by atoms with Gasteiger partial charge >= 0.3 is 0 Å². The maximum Gasteiger partial charge on any atom is 0.222 e. The highest BCUT2D eigenvalue weighted by atomic mass is 16.5. The molecule has 0 amide bonds. The minimum Gasteiger partial charge on any atom is -0.458 e. The van der Waals surface area contributed by atoms with Crippen LogP contribution in [-0.4, -0.2) is 5.78 Å². The molecule has 0 bridgehead atoms. The number of hydrogen-bond donors (Lipinski definition) is 1. The van der Waals surface area contributed by atoms with E-state index in [-0.39, 0.29) is 5.78 Å². The van der Waals surface area contributed by atoms with Crippen LogP contribution in [0.15, 0.2) is 82.9 Å². The van der Waals surface area contributed by atoms with Crippen molar-refractivity contribution in [3.05, 3.63) is 90.0 Å². The highest BCUT2D eigenvalue weighted by molar-refractivity contribution is 6.03. The van der Waals surface area contributed by atoms with Crippen molar-refractivity contribution in [2.75, 3.05) is 5.32 Å². The molecule has 1 heterocycles. The molecule has 3 aromatic rings. The Bertz CT molecular complexity index is 877. The van der Waals surface area contributed by atoms with E-state index in [0.29, 0.717) is 5.76 Å². The van der Waals surface area contributed by atoms with Gasteiger partial charge in [-0.3, -0.25) is 4.79 Å². The third-order valence-corrected chi connectivity index (χ3v) is 3.51. The Morgan fingerprint density at radius 2 is 1.64 bits per heavy atom. The summed E-state index contributed by atoms with van der Waals surface area (Å²) in [5.74, 6) is 2.43. The van der Waals surface area contributed by atoms with Gasteiger partial charge in [0.15, 0.2) is 5.76 Å². The van der Waals surface area contributed by atoms with E-state index in [0.717, 1.165) is 28.6 Å². The van der Waals surface area contributed by atoms with Crippen LogP contribution in [0.5, 0.6) is 11.5 Å². The molecular formula is C21H19NO3. The molecule has 0 radical (unpaired) electrons. The Balaban J connectivity index is 1.62. The molecule has 0 spiro atoms. The van der Waals surface area contributed by atoms with Crippen LogP contribution in [0.2, 0.25) is 0 Å². The zero-order valence-electron chi connectivity index (χ0n) is 14.2. The molecule has 0 fully saturated rings. The molecule has 1 N–H and O–H groups in total. The van der Waals surface area contributed by atoms with E-state index in [1.54, 1.807) is 12.1 Å². The zero-order chi connectivity index (χ0) is 17.6. The maximum atomic E-state index is 12.1. The van der Waals surface area contributed by atoms with E-state index in [9.17, 15) is 4.79 Å². The van der Waals surface area contributed by atoms with E-state index < -0.39 is 0 Å². The predicted molar refractivity (Wildman–Crippen MR) is 98.1 cm³/mol. The number of ketones is 1. The summed E-state index contributed by atoms with van der Waals surface area (Å²) in [6.45, 7) is 3.65.